The van der Waals surface area contributed by atoms with Crippen LogP contribution in [0.25, 0.3) is 0 Å². The number of hydrogen-bond donors (Lipinski definition) is 4. The Kier molecular flexibility index (Phi) is 7.17. The maximum Gasteiger partial charge on any atom is 0.416 e. The molecule has 1 aromatic rings. The quantitative estimate of drug-likeness (QED) is 0.457. The monoisotopic (exact) mass is 457 g/mol. The van der Waals surface area contributed by atoms with Crippen LogP contribution in [0.3, 0.4) is 0 Å². The molecule has 4 N–H and O–H groups in total. The first-order valence-electron chi connectivity index (χ1n) is 9.39. The van der Waals surface area contributed by atoms with Gasteiger partial charge < -0.3 is 25.7 Å². The second-order valence-electron chi connectivity index (χ2n) is 7.75. The minimum absolute atomic E-state index is 0.0908. The largest absolute Gasteiger partial charge is 0.511 e. The molecule has 12 heteroatoms. The van der Waals surface area contributed by atoms with E-state index in [1.54, 1.807) is 13.8 Å². The number of nitrogens with one attached hydrogen (secondary N) is 2. The Labute approximate surface area is 180 Å². The SMILES string of the molecule is CC1(C)CC(O)=C(C(=O)NCC(=O)O)C(=O)N1CC(=O)NCc1ccc(C(F)(F)F)cc1. The summed E-state index contributed by atoms with van der Waals surface area (Å²) in [4.78, 5) is 49.0. The third kappa shape index (κ3) is 5.99. The molecule has 1 aliphatic heterocycles. The van der Waals surface area contributed by atoms with Crippen LogP contribution >= 0.6 is 0 Å². The number of benzene rings is 1. The normalized spacial score (nSPS) is 16.0. The standard InChI is InChI=1S/C20H22F3N3O6/c1-19(2)7-13(27)16(17(31)25-9-15(29)30)18(32)26(19)10-14(28)24-8-11-3-5-12(6-4-11)20(21,22)23/h3-6,27H,7-10H2,1-2H3,(H,24,28)(H,25,31)(H,29,30). The van der Waals surface area contributed by atoms with Crippen LogP contribution in [-0.2, 0) is 31.9 Å². The molecule has 1 heterocycles. The summed E-state index contributed by atoms with van der Waals surface area (Å²) >= 11 is 0. The summed E-state index contributed by atoms with van der Waals surface area (Å²) < 4.78 is 37.9. The molecule has 9 nitrogen and oxygen atoms in total. The van der Waals surface area contributed by atoms with Gasteiger partial charge in [-0.25, -0.2) is 0 Å². The highest BCUT2D eigenvalue weighted by molar-refractivity contribution is 6.20. The molecule has 3 amide bonds. The fourth-order valence-electron chi connectivity index (χ4n) is 3.10. The third-order valence-corrected chi connectivity index (χ3v) is 4.78. The molecule has 0 fully saturated rings. The van der Waals surface area contributed by atoms with Crippen molar-refractivity contribution in [2.75, 3.05) is 13.1 Å². The summed E-state index contributed by atoms with van der Waals surface area (Å²) in [5.41, 5.74) is -2.11. The molecule has 0 bridgehead atoms. The summed E-state index contributed by atoms with van der Waals surface area (Å²) in [5, 5.41) is 23.3. The van der Waals surface area contributed by atoms with Gasteiger partial charge >= 0.3 is 12.1 Å². The van der Waals surface area contributed by atoms with Crippen molar-refractivity contribution in [1.29, 1.82) is 0 Å². The number of carboxylic acid groups (broad SMARTS) is 1. The second-order valence-corrected chi connectivity index (χ2v) is 7.75. The number of rotatable bonds is 7. The zero-order valence-electron chi connectivity index (χ0n) is 17.2. The van der Waals surface area contributed by atoms with Gasteiger partial charge in [-0.05, 0) is 31.5 Å². The number of amides is 3. The smallest absolute Gasteiger partial charge is 0.416 e. The number of nitrogens with zero attached hydrogens (tertiary/aromatic N) is 1. The van der Waals surface area contributed by atoms with Crippen molar-refractivity contribution in [3.63, 3.8) is 0 Å². The Morgan fingerprint density at radius 3 is 2.25 bits per heavy atom. The molecule has 0 saturated carbocycles. The van der Waals surface area contributed by atoms with Gasteiger partial charge in [0.15, 0.2) is 0 Å². The predicted octanol–water partition coefficient (Wildman–Crippen LogP) is 1.35. The Morgan fingerprint density at radius 2 is 1.72 bits per heavy atom. The lowest BCUT2D eigenvalue weighted by atomic mass is 9.89. The molecule has 0 atom stereocenters. The average molecular weight is 457 g/mol. The van der Waals surface area contributed by atoms with Crippen LogP contribution < -0.4 is 10.6 Å². The molecule has 1 aromatic carbocycles. The Morgan fingerprint density at radius 1 is 1.12 bits per heavy atom. The van der Waals surface area contributed by atoms with E-state index < -0.39 is 65.4 Å². The highest BCUT2D eigenvalue weighted by atomic mass is 19.4. The van der Waals surface area contributed by atoms with Gasteiger partial charge in [-0.1, -0.05) is 12.1 Å². The number of aliphatic carboxylic acids is 1. The first-order chi connectivity index (χ1) is 14.7. The number of aliphatic hydroxyl groups excluding tert-OH is 1. The summed E-state index contributed by atoms with van der Waals surface area (Å²) in [6.45, 7) is 1.79. The fourth-order valence-corrected chi connectivity index (χ4v) is 3.10. The maximum atomic E-state index is 12.8. The Bertz CT molecular complexity index is 954. The lowest BCUT2D eigenvalue weighted by molar-refractivity contribution is -0.142. The summed E-state index contributed by atoms with van der Waals surface area (Å²) in [7, 11) is 0. The number of carbonyl (C=O) groups is 4. The van der Waals surface area contributed by atoms with E-state index in [1.165, 1.54) is 12.1 Å². The molecule has 0 saturated heterocycles. The van der Waals surface area contributed by atoms with E-state index in [0.29, 0.717) is 5.56 Å². The van der Waals surface area contributed by atoms with Crippen LogP contribution in [0.5, 0.6) is 0 Å². The average Bonchev–Trinajstić information content (AvgIpc) is 2.67. The molecule has 0 aromatic heterocycles. The number of hydrogen-bond acceptors (Lipinski definition) is 5. The number of carbonyl (C=O) groups excluding carboxylic acids is 3. The highest BCUT2D eigenvalue weighted by Crippen LogP contribution is 2.31. The van der Waals surface area contributed by atoms with Crippen LogP contribution in [0.2, 0.25) is 0 Å². The Hall–Kier alpha value is -3.57. The fraction of sp³-hybridized carbons (Fsp3) is 0.400. The van der Waals surface area contributed by atoms with E-state index in [-0.39, 0.29) is 13.0 Å². The minimum Gasteiger partial charge on any atom is -0.511 e. The topological polar surface area (TPSA) is 136 Å². The van der Waals surface area contributed by atoms with Gasteiger partial charge in [-0.15, -0.1) is 0 Å². The molecule has 0 radical (unpaired) electrons. The van der Waals surface area contributed by atoms with Crippen LogP contribution in [0.4, 0.5) is 13.2 Å². The van der Waals surface area contributed by atoms with E-state index >= 15 is 0 Å². The van der Waals surface area contributed by atoms with Crippen molar-refractivity contribution in [3.05, 3.63) is 46.7 Å². The van der Waals surface area contributed by atoms with Crippen LogP contribution in [0.1, 0.15) is 31.4 Å². The number of halogens is 3. The van der Waals surface area contributed by atoms with Gasteiger partial charge in [0.2, 0.25) is 5.91 Å². The molecular weight excluding hydrogens is 435 g/mol. The van der Waals surface area contributed by atoms with Gasteiger partial charge in [0.25, 0.3) is 11.8 Å². The summed E-state index contributed by atoms with van der Waals surface area (Å²) in [5.74, 6) is -4.55. The van der Waals surface area contributed by atoms with Crippen molar-refractivity contribution in [1.82, 2.24) is 15.5 Å². The maximum absolute atomic E-state index is 12.8. The number of alkyl halides is 3. The molecule has 32 heavy (non-hydrogen) atoms. The molecule has 174 valence electrons. The molecule has 2 rings (SSSR count). The Balaban J connectivity index is 2.06. The zero-order valence-corrected chi connectivity index (χ0v) is 17.2. The molecular formula is C20H22F3N3O6. The molecule has 0 aliphatic carbocycles. The van der Waals surface area contributed by atoms with Gasteiger partial charge in [-0.3, -0.25) is 19.2 Å². The van der Waals surface area contributed by atoms with E-state index in [4.69, 9.17) is 5.11 Å². The second kappa shape index (κ2) is 9.28. The first kappa shape index (κ1) is 24.7. The molecule has 0 unspecified atom stereocenters. The lowest BCUT2D eigenvalue weighted by Crippen LogP contribution is -2.56. The van der Waals surface area contributed by atoms with Crippen molar-refractivity contribution in [2.45, 2.75) is 38.5 Å². The number of carboxylic acids is 1. The number of aliphatic hydroxyl groups is 1. The van der Waals surface area contributed by atoms with E-state index in [0.717, 1.165) is 17.0 Å². The third-order valence-electron chi connectivity index (χ3n) is 4.78. The van der Waals surface area contributed by atoms with Crippen LogP contribution in [-0.4, -0.2) is 57.4 Å². The zero-order chi connectivity index (χ0) is 24.3. The van der Waals surface area contributed by atoms with Crippen molar-refractivity contribution in [2.24, 2.45) is 0 Å². The van der Waals surface area contributed by atoms with Crippen molar-refractivity contribution in [3.8, 4) is 0 Å². The summed E-state index contributed by atoms with van der Waals surface area (Å²) in [6.07, 6.45) is -4.63. The van der Waals surface area contributed by atoms with E-state index in [1.807, 2.05) is 5.32 Å². The van der Waals surface area contributed by atoms with Gasteiger partial charge in [0.05, 0.1) is 5.56 Å². The molecule has 1 aliphatic rings. The van der Waals surface area contributed by atoms with Crippen molar-refractivity contribution < 1.29 is 42.6 Å². The lowest BCUT2D eigenvalue weighted by Gasteiger charge is -2.41. The van der Waals surface area contributed by atoms with Gasteiger partial charge in [-0.2, -0.15) is 13.2 Å². The minimum atomic E-state index is -4.48. The first-order valence-corrected chi connectivity index (χ1v) is 9.39. The van der Waals surface area contributed by atoms with E-state index in [2.05, 4.69) is 5.32 Å². The van der Waals surface area contributed by atoms with E-state index in [9.17, 15) is 37.5 Å². The van der Waals surface area contributed by atoms with Crippen LogP contribution in [0, 0.1) is 0 Å². The van der Waals surface area contributed by atoms with Crippen molar-refractivity contribution >= 4 is 23.7 Å². The summed E-state index contributed by atoms with van der Waals surface area (Å²) in [6, 6.07) is 4.19. The van der Waals surface area contributed by atoms with Crippen LogP contribution in [0.15, 0.2) is 35.6 Å². The predicted molar refractivity (Wildman–Crippen MR) is 104 cm³/mol. The molecule has 0 spiro atoms. The van der Waals surface area contributed by atoms with Gasteiger partial charge in [0.1, 0.15) is 24.4 Å². The van der Waals surface area contributed by atoms with Gasteiger partial charge in [0, 0.05) is 18.5 Å². The highest BCUT2D eigenvalue weighted by Gasteiger charge is 2.43.